The highest BCUT2D eigenvalue weighted by atomic mass is 16.5. The largest absolute Gasteiger partial charge is 0.485 e. The Morgan fingerprint density at radius 1 is 1.17 bits per heavy atom. The minimum Gasteiger partial charge on any atom is -0.485 e. The zero-order valence-corrected chi connectivity index (χ0v) is 10.1. The smallest absolute Gasteiger partial charge is 0.146 e. The summed E-state index contributed by atoms with van der Waals surface area (Å²) in [6.07, 6.45) is 5.48. The summed E-state index contributed by atoms with van der Waals surface area (Å²) in [6.45, 7) is 0.455. The van der Waals surface area contributed by atoms with Crippen molar-refractivity contribution in [2.45, 2.75) is 6.61 Å². The van der Waals surface area contributed by atoms with Gasteiger partial charge in [-0.05, 0) is 12.1 Å². The molecule has 0 radical (unpaired) electrons. The molecule has 90 valence electrons. The van der Waals surface area contributed by atoms with E-state index in [0.717, 1.165) is 22.3 Å². The zero-order valence-electron chi connectivity index (χ0n) is 10.1. The van der Waals surface area contributed by atoms with Crippen molar-refractivity contribution in [3.05, 3.63) is 54.7 Å². The summed E-state index contributed by atoms with van der Waals surface area (Å²) in [5.41, 5.74) is 1.79. The standard InChI is InChI=1S/C14H13N3O/c1-17-8-12(16-10-17)9-18-13-6-2-4-11-5-3-7-15-14(11)13/h2-8,10H,9H2,1H3. The number of ether oxygens (including phenoxy) is 1. The van der Waals surface area contributed by atoms with Gasteiger partial charge in [-0.15, -0.1) is 0 Å². The monoisotopic (exact) mass is 239 g/mol. The fourth-order valence-corrected chi connectivity index (χ4v) is 1.89. The van der Waals surface area contributed by atoms with Crippen LogP contribution >= 0.6 is 0 Å². The predicted octanol–water partition coefficient (Wildman–Crippen LogP) is 2.55. The summed E-state index contributed by atoms with van der Waals surface area (Å²) in [7, 11) is 1.94. The van der Waals surface area contributed by atoms with Crippen LogP contribution in [-0.4, -0.2) is 14.5 Å². The van der Waals surface area contributed by atoms with E-state index in [9.17, 15) is 0 Å². The van der Waals surface area contributed by atoms with Gasteiger partial charge in [0.25, 0.3) is 0 Å². The second kappa shape index (κ2) is 4.49. The van der Waals surface area contributed by atoms with E-state index < -0.39 is 0 Å². The van der Waals surface area contributed by atoms with Gasteiger partial charge in [0.15, 0.2) is 0 Å². The van der Waals surface area contributed by atoms with E-state index in [1.54, 1.807) is 12.5 Å². The lowest BCUT2D eigenvalue weighted by Crippen LogP contribution is -1.97. The first kappa shape index (κ1) is 10.8. The number of aromatic nitrogens is 3. The van der Waals surface area contributed by atoms with Crippen LogP contribution in [0, 0.1) is 0 Å². The molecule has 0 aliphatic heterocycles. The third kappa shape index (κ3) is 2.05. The van der Waals surface area contributed by atoms with Crippen LogP contribution in [0.1, 0.15) is 5.69 Å². The lowest BCUT2D eigenvalue weighted by atomic mass is 10.2. The first-order chi connectivity index (χ1) is 8.83. The topological polar surface area (TPSA) is 39.9 Å². The molecule has 0 atom stereocenters. The van der Waals surface area contributed by atoms with Gasteiger partial charge in [0.1, 0.15) is 17.9 Å². The molecule has 3 rings (SSSR count). The highest BCUT2D eigenvalue weighted by Crippen LogP contribution is 2.23. The van der Waals surface area contributed by atoms with Crippen molar-refractivity contribution in [3.63, 3.8) is 0 Å². The first-order valence-electron chi connectivity index (χ1n) is 5.76. The fraction of sp³-hybridized carbons (Fsp3) is 0.143. The van der Waals surface area contributed by atoms with E-state index in [1.165, 1.54) is 0 Å². The van der Waals surface area contributed by atoms with Crippen LogP contribution in [0.2, 0.25) is 0 Å². The SMILES string of the molecule is Cn1cnc(COc2cccc3cccnc23)c1. The summed E-state index contributed by atoms with van der Waals surface area (Å²) < 4.78 is 7.68. The Morgan fingerprint density at radius 3 is 2.89 bits per heavy atom. The summed E-state index contributed by atoms with van der Waals surface area (Å²) in [5.74, 6) is 0.791. The van der Waals surface area contributed by atoms with Gasteiger partial charge in [-0.2, -0.15) is 0 Å². The molecule has 0 aliphatic carbocycles. The number of hydrogen-bond acceptors (Lipinski definition) is 3. The molecule has 0 saturated carbocycles. The molecule has 0 saturated heterocycles. The molecule has 4 nitrogen and oxygen atoms in total. The third-order valence-corrected chi connectivity index (χ3v) is 2.73. The second-order valence-corrected chi connectivity index (χ2v) is 4.15. The van der Waals surface area contributed by atoms with Gasteiger partial charge in [0, 0.05) is 24.8 Å². The van der Waals surface area contributed by atoms with Crippen LogP contribution in [0.15, 0.2) is 49.1 Å². The lowest BCUT2D eigenvalue weighted by molar-refractivity contribution is 0.305. The maximum Gasteiger partial charge on any atom is 0.146 e. The molecular weight excluding hydrogens is 226 g/mol. The predicted molar refractivity (Wildman–Crippen MR) is 69.3 cm³/mol. The van der Waals surface area contributed by atoms with Crippen molar-refractivity contribution in [2.24, 2.45) is 7.05 Å². The average Bonchev–Trinajstić information content (AvgIpc) is 2.82. The van der Waals surface area contributed by atoms with Crippen LogP contribution < -0.4 is 4.74 Å². The molecule has 0 N–H and O–H groups in total. The number of hydrogen-bond donors (Lipinski definition) is 0. The average molecular weight is 239 g/mol. The molecule has 0 aliphatic rings. The Balaban J connectivity index is 1.86. The van der Waals surface area contributed by atoms with Gasteiger partial charge < -0.3 is 9.30 Å². The first-order valence-corrected chi connectivity index (χ1v) is 5.76. The normalized spacial score (nSPS) is 10.7. The Bertz CT molecular complexity index is 670. The van der Waals surface area contributed by atoms with E-state index in [2.05, 4.69) is 9.97 Å². The van der Waals surface area contributed by atoms with Gasteiger partial charge >= 0.3 is 0 Å². The number of nitrogens with zero attached hydrogens (tertiary/aromatic N) is 3. The summed E-state index contributed by atoms with van der Waals surface area (Å²) >= 11 is 0. The molecule has 3 aromatic rings. The number of benzene rings is 1. The molecule has 0 spiro atoms. The number of aryl methyl sites for hydroxylation is 1. The molecular formula is C14H13N3O. The highest BCUT2D eigenvalue weighted by Gasteiger charge is 2.04. The van der Waals surface area contributed by atoms with Gasteiger partial charge in [-0.3, -0.25) is 4.98 Å². The number of fused-ring (bicyclic) bond motifs is 1. The Kier molecular flexibility index (Phi) is 2.68. The van der Waals surface area contributed by atoms with Gasteiger partial charge in [0.05, 0.1) is 12.0 Å². The van der Waals surface area contributed by atoms with E-state index in [0.29, 0.717) is 6.61 Å². The zero-order chi connectivity index (χ0) is 12.4. The number of rotatable bonds is 3. The maximum absolute atomic E-state index is 5.78. The van der Waals surface area contributed by atoms with Gasteiger partial charge in [-0.1, -0.05) is 18.2 Å². The van der Waals surface area contributed by atoms with Crippen LogP contribution in [0.3, 0.4) is 0 Å². The molecule has 1 aromatic carbocycles. The van der Waals surface area contributed by atoms with Crippen molar-refractivity contribution in [1.82, 2.24) is 14.5 Å². The van der Waals surface area contributed by atoms with Crippen molar-refractivity contribution in [2.75, 3.05) is 0 Å². The summed E-state index contributed by atoms with van der Waals surface area (Å²) in [6, 6.07) is 9.87. The van der Waals surface area contributed by atoms with Crippen LogP contribution in [0.4, 0.5) is 0 Å². The minimum absolute atomic E-state index is 0.455. The van der Waals surface area contributed by atoms with Crippen molar-refractivity contribution < 1.29 is 4.74 Å². The molecule has 2 aromatic heterocycles. The quantitative estimate of drug-likeness (QED) is 0.705. The minimum atomic E-state index is 0.455. The van der Waals surface area contributed by atoms with Crippen molar-refractivity contribution >= 4 is 10.9 Å². The van der Waals surface area contributed by atoms with E-state index in [-0.39, 0.29) is 0 Å². The fourth-order valence-electron chi connectivity index (χ4n) is 1.89. The Labute approximate surface area is 105 Å². The number of imidazole rings is 1. The van der Waals surface area contributed by atoms with Crippen molar-refractivity contribution in [3.8, 4) is 5.75 Å². The lowest BCUT2D eigenvalue weighted by Gasteiger charge is -2.06. The molecule has 4 heteroatoms. The van der Waals surface area contributed by atoms with Crippen LogP contribution in [0.25, 0.3) is 10.9 Å². The number of para-hydroxylation sites is 1. The summed E-state index contributed by atoms with van der Waals surface area (Å²) in [5, 5.41) is 1.08. The Morgan fingerprint density at radius 2 is 2.06 bits per heavy atom. The van der Waals surface area contributed by atoms with E-state index >= 15 is 0 Å². The highest BCUT2D eigenvalue weighted by molar-refractivity contribution is 5.84. The molecule has 0 unspecified atom stereocenters. The third-order valence-electron chi connectivity index (χ3n) is 2.73. The van der Waals surface area contributed by atoms with Gasteiger partial charge in [0.2, 0.25) is 0 Å². The Hall–Kier alpha value is -2.36. The molecule has 2 heterocycles. The molecule has 0 amide bonds. The maximum atomic E-state index is 5.78. The second-order valence-electron chi connectivity index (χ2n) is 4.15. The molecule has 0 fully saturated rings. The van der Waals surface area contributed by atoms with Crippen LogP contribution in [0.5, 0.6) is 5.75 Å². The summed E-state index contributed by atoms with van der Waals surface area (Å²) in [4.78, 5) is 8.58. The van der Waals surface area contributed by atoms with Crippen molar-refractivity contribution in [1.29, 1.82) is 0 Å². The molecule has 0 bridgehead atoms. The van der Waals surface area contributed by atoms with E-state index in [1.807, 2.05) is 48.1 Å². The van der Waals surface area contributed by atoms with Crippen LogP contribution in [-0.2, 0) is 13.7 Å². The van der Waals surface area contributed by atoms with E-state index in [4.69, 9.17) is 4.74 Å². The molecule has 18 heavy (non-hydrogen) atoms. The number of pyridine rings is 1. The van der Waals surface area contributed by atoms with Gasteiger partial charge in [-0.25, -0.2) is 4.98 Å².